The lowest BCUT2D eigenvalue weighted by atomic mass is 9.74. The SMILES string of the molecule is C/C=C(/C)C(=O)O[C@H]1c2cc(OC)c(OC)c(OC)c2-c2c(cc3c(c2O)OCO3)[C@H](OC(=O)C(C)CC)[C@H](C)[C@@H]1C. The van der Waals surface area contributed by atoms with Crippen LogP contribution in [0, 0.1) is 17.8 Å². The first-order valence-corrected chi connectivity index (χ1v) is 14.1. The molecular weight excluding hydrogens is 544 g/mol. The third-order valence-corrected chi connectivity index (χ3v) is 8.42. The number of ether oxygens (including phenoxy) is 7. The molecule has 1 aliphatic carbocycles. The van der Waals surface area contributed by atoms with Crippen LogP contribution in [0.2, 0.25) is 0 Å². The highest BCUT2D eigenvalue weighted by atomic mass is 16.7. The lowest BCUT2D eigenvalue weighted by molar-refractivity contribution is -0.162. The van der Waals surface area contributed by atoms with Gasteiger partial charge in [-0.15, -0.1) is 0 Å². The van der Waals surface area contributed by atoms with Crippen LogP contribution in [0.25, 0.3) is 11.1 Å². The first-order chi connectivity index (χ1) is 20.0. The van der Waals surface area contributed by atoms with E-state index in [4.69, 9.17) is 33.2 Å². The molecule has 0 bridgehead atoms. The number of carbonyl (C=O) groups excluding carboxylic acids is 2. The van der Waals surface area contributed by atoms with Crippen molar-refractivity contribution < 1.29 is 47.9 Å². The van der Waals surface area contributed by atoms with Gasteiger partial charge in [0.2, 0.25) is 18.3 Å². The normalized spacial score (nSPS) is 21.7. The zero-order valence-electron chi connectivity index (χ0n) is 25.7. The number of fused-ring (bicyclic) bond motifs is 4. The van der Waals surface area contributed by atoms with Crippen LogP contribution >= 0.6 is 0 Å². The molecule has 0 amide bonds. The summed E-state index contributed by atoms with van der Waals surface area (Å²) in [7, 11) is 4.44. The van der Waals surface area contributed by atoms with E-state index in [1.165, 1.54) is 21.3 Å². The molecule has 42 heavy (non-hydrogen) atoms. The number of methoxy groups -OCH3 is 3. The van der Waals surface area contributed by atoms with Crippen LogP contribution in [0.3, 0.4) is 0 Å². The number of benzene rings is 2. The van der Waals surface area contributed by atoms with Crippen molar-refractivity contribution in [2.75, 3.05) is 28.1 Å². The van der Waals surface area contributed by atoms with Gasteiger partial charge in [0.15, 0.2) is 23.0 Å². The Morgan fingerprint density at radius 3 is 2.17 bits per heavy atom. The molecule has 5 atom stereocenters. The van der Waals surface area contributed by atoms with Gasteiger partial charge in [-0.05, 0) is 32.4 Å². The van der Waals surface area contributed by atoms with E-state index in [0.29, 0.717) is 40.2 Å². The minimum absolute atomic E-state index is 0.0894. The Kier molecular flexibility index (Phi) is 9.13. The molecule has 0 saturated heterocycles. The lowest BCUT2D eigenvalue weighted by Gasteiger charge is -2.39. The largest absolute Gasteiger partial charge is 0.504 e. The molecule has 2 aromatic rings. The summed E-state index contributed by atoms with van der Waals surface area (Å²) in [6.07, 6.45) is 0.542. The second-order valence-electron chi connectivity index (χ2n) is 10.7. The fraction of sp³-hybridized carbons (Fsp3) is 0.500. The Morgan fingerprint density at radius 2 is 1.60 bits per heavy atom. The predicted octanol–water partition coefficient (Wildman–Crippen LogP) is 6.28. The van der Waals surface area contributed by atoms with Crippen LogP contribution in [0.15, 0.2) is 23.8 Å². The van der Waals surface area contributed by atoms with Crippen molar-refractivity contribution in [1.82, 2.24) is 0 Å². The number of phenols is 1. The molecule has 0 fully saturated rings. The third kappa shape index (κ3) is 5.18. The molecule has 0 spiro atoms. The number of phenolic OH excluding ortho intramolecular Hbond substituents is 1. The number of rotatable bonds is 8. The van der Waals surface area contributed by atoms with E-state index in [-0.39, 0.29) is 47.2 Å². The van der Waals surface area contributed by atoms with Crippen molar-refractivity contribution in [1.29, 1.82) is 0 Å². The Balaban J connectivity index is 2.15. The molecule has 2 aromatic carbocycles. The van der Waals surface area contributed by atoms with E-state index in [1.54, 1.807) is 39.0 Å². The van der Waals surface area contributed by atoms with Gasteiger partial charge in [-0.3, -0.25) is 4.79 Å². The van der Waals surface area contributed by atoms with Gasteiger partial charge >= 0.3 is 11.9 Å². The summed E-state index contributed by atoms with van der Waals surface area (Å²) in [6.45, 7) is 10.9. The van der Waals surface area contributed by atoms with Gasteiger partial charge in [-0.2, -0.15) is 0 Å². The van der Waals surface area contributed by atoms with Crippen molar-refractivity contribution in [3.63, 3.8) is 0 Å². The fourth-order valence-electron chi connectivity index (χ4n) is 5.38. The Morgan fingerprint density at radius 1 is 0.976 bits per heavy atom. The average molecular weight is 585 g/mol. The van der Waals surface area contributed by atoms with E-state index < -0.39 is 30.0 Å². The van der Waals surface area contributed by atoms with Crippen molar-refractivity contribution in [2.45, 2.75) is 60.2 Å². The summed E-state index contributed by atoms with van der Waals surface area (Å²) in [5, 5.41) is 11.8. The van der Waals surface area contributed by atoms with Gasteiger partial charge in [-0.1, -0.05) is 33.8 Å². The number of carbonyl (C=O) groups is 2. The topological polar surface area (TPSA) is 119 Å². The van der Waals surface area contributed by atoms with Crippen LogP contribution < -0.4 is 23.7 Å². The van der Waals surface area contributed by atoms with Crippen molar-refractivity contribution >= 4 is 11.9 Å². The van der Waals surface area contributed by atoms with E-state index in [2.05, 4.69) is 0 Å². The third-order valence-electron chi connectivity index (χ3n) is 8.42. The van der Waals surface area contributed by atoms with Gasteiger partial charge in [0.1, 0.15) is 12.2 Å². The Hall–Kier alpha value is -4.08. The summed E-state index contributed by atoms with van der Waals surface area (Å²) in [6, 6.07) is 3.45. The predicted molar refractivity (Wildman–Crippen MR) is 154 cm³/mol. The molecule has 4 rings (SSSR count). The number of allylic oxidation sites excluding steroid dienone is 1. The van der Waals surface area contributed by atoms with Gasteiger partial charge in [0.05, 0.1) is 27.2 Å². The van der Waals surface area contributed by atoms with Gasteiger partial charge in [0, 0.05) is 39.7 Å². The monoisotopic (exact) mass is 584 g/mol. The van der Waals surface area contributed by atoms with Gasteiger partial charge in [0.25, 0.3) is 0 Å². The first-order valence-electron chi connectivity index (χ1n) is 14.1. The summed E-state index contributed by atoms with van der Waals surface area (Å²) in [5.74, 6) is -0.957. The fourth-order valence-corrected chi connectivity index (χ4v) is 5.38. The highest BCUT2D eigenvalue weighted by Gasteiger charge is 2.44. The molecule has 1 unspecified atom stereocenters. The van der Waals surface area contributed by atoms with Crippen molar-refractivity contribution in [2.24, 2.45) is 17.8 Å². The molecule has 2 aliphatic rings. The molecule has 228 valence electrons. The second-order valence-corrected chi connectivity index (χ2v) is 10.7. The molecular formula is C32H40O10. The average Bonchev–Trinajstić information content (AvgIpc) is 3.48. The van der Waals surface area contributed by atoms with E-state index in [0.717, 1.165) is 0 Å². The molecule has 0 aromatic heterocycles. The maximum Gasteiger partial charge on any atom is 0.333 e. The molecule has 0 saturated carbocycles. The standard InChI is InChI=1S/C32H40O10/c1-10-15(3)31(34)41-26-17(5)18(6)27(42-32(35)16(4)11-2)20-12-21(36-7)29(37-8)30(38-9)24(20)23-19(26)13-22-28(25(23)33)40-14-39-22/h11-13,15,17-18,26-27,33H,10,14H2,1-9H3/b16-11-/t15?,17-,18+,26-,27-/m1/s1. The summed E-state index contributed by atoms with van der Waals surface area (Å²) in [5.41, 5.74) is 2.12. The van der Waals surface area contributed by atoms with Crippen molar-refractivity contribution in [3.8, 4) is 45.6 Å². The highest BCUT2D eigenvalue weighted by Crippen LogP contribution is 2.60. The first kappa shape index (κ1) is 30.9. The molecule has 1 N–H and O–H groups in total. The molecule has 1 heterocycles. The number of hydrogen-bond acceptors (Lipinski definition) is 10. The summed E-state index contributed by atoms with van der Waals surface area (Å²) in [4.78, 5) is 26.5. The van der Waals surface area contributed by atoms with Crippen LogP contribution in [0.4, 0.5) is 0 Å². The number of hydrogen-bond donors (Lipinski definition) is 1. The highest BCUT2D eigenvalue weighted by molar-refractivity contribution is 5.91. The van der Waals surface area contributed by atoms with Crippen LogP contribution in [0.5, 0.6) is 34.5 Å². The number of esters is 2. The smallest absolute Gasteiger partial charge is 0.333 e. The second kappa shape index (κ2) is 12.4. The van der Waals surface area contributed by atoms with Gasteiger partial charge in [-0.25, -0.2) is 4.79 Å². The van der Waals surface area contributed by atoms with Crippen LogP contribution in [0.1, 0.15) is 71.3 Å². The molecule has 1 aliphatic heterocycles. The van der Waals surface area contributed by atoms with E-state index in [9.17, 15) is 14.7 Å². The molecule has 0 radical (unpaired) electrons. The minimum atomic E-state index is -0.867. The zero-order valence-corrected chi connectivity index (χ0v) is 25.7. The van der Waals surface area contributed by atoms with E-state index >= 15 is 0 Å². The number of aromatic hydroxyl groups is 1. The zero-order chi connectivity index (χ0) is 30.9. The Labute approximate surface area is 246 Å². The van der Waals surface area contributed by atoms with E-state index in [1.807, 2.05) is 20.8 Å². The van der Waals surface area contributed by atoms with Gasteiger partial charge < -0.3 is 38.3 Å². The molecule has 10 heteroatoms. The summed E-state index contributed by atoms with van der Waals surface area (Å²) >= 11 is 0. The quantitative estimate of drug-likeness (QED) is 0.280. The minimum Gasteiger partial charge on any atom is -0.504 e. The maximum atomic E-state index is 13.3. The summed E-state index contributed by atoms with van der Waals surface area (Å²) < 4.78 is 41.0. The molecule has 10 nitrogen and oxygen atoms in total. The maximum absolute atomic E-state index is 13.3. The van der Waals surface area contributed by atoms with Crippen molar-refractivity contribution in [3.05, 3.63) is 34.9 Å². The van der Waals surface area contributed by atoms with Crippen LogP contribution in [-0.2, 0) is 19.1 Å². The lowest BCUT2D eigenvalue weighted by Crippen LogP contribution is -2.32. The Bertz CT molecular complexity index is 1390. The van der Waals surface area contributed by atoms with Crippen LogP contribution in [-0.4, -0.2) is 45.2 Å².